The molecule has 2 amide bonds. The van der Waals surface area contributed by atoms with Gasteiger partial charge in [-0.05, 0) is 36.0 Å². The number of carbonyl (C=O) groups excluding carboxylic acids is 1. The molecule has 0 atom stereocenters. The van der Waals surface area contributed by atoms with Gasteiger partial charge in [0.15, 0.2) is 0 Å². The van der Waals surface area contributed by atoms with Crippen molar-refractivity contribution in [3.05, 3.63) is 29.8 Å². The lowest BCUT2D eigenvalue weighted by Gasteiger charge is -2.19. The summed E-state index contributed by atoms with van der Waals surface area (Å²) in [6.45, 7) is 10.7. The van der Waals surface area contributed by atoms with Crippen LogP contribution in [0.15, 0.2) is 24.3 Å². The third-order valence-electron chi connectivity index (χ3n) is 3.66. The number of ether oxygens (including phenoxy) is 1. The Bertz CT molecular complexity index is 449. The molecule has 0 spiro atoms. The van der Waals surface area contributed by atoms with Gasteiger partial charge in [-0.3, -0.25) is 0 Å². The van der Waals surface area contributed by atoms with Crippen LogP contribution in [-0.2, 0) is 5.41 Å². The number of amides is 2. The van der Waals surface area contributed by atoms with Gasteiger partial charge < -0.3 is 15.4 Å². The first-order chi connectivity index (χ1) is 10.9. The molecule has 130 valence electrons. The summed E-state index contributed by atoms with van der Waals surface area (Å²) in [6.07, 6.45) is 4.15. The molecule has 0 aliphatic carbocycles. The van der Waals surface area contributed by atoms with E-state index in [2.05, 4.69) is 50.5 Å². The highest BCUT2D eigenvalue weighted by molar-refractivity contribution is 5.73. The lowest BCUT2D eigenvalue weighted by molar-refractivity contribution is 0.239. The molecule has 0 fully saturated rings. The van der Waals surface area contributed by atoms with E-state index in [-0.39, 0.29) is 11.4 Å². The lowest BCUT2D eigenvalue weighted by atomic mass is 9.87. The molecule has 4 heteroatoms. The number of rotatable bonds is 9. The van der Waals surface area contributed by atoms with E-state index in [1.54, 1.807) is 0 Å². The molecule has 1 aromatic carbocycles. The smallest absolute Gasteiger partial charge is 0.314 e. The van der Waals surface area contributed by atoms with E-state index in [4.69, 9.17) is 4.74 Å². The monoisotopic (exact) mass is 320 g/mol. The van der Waals surface area contributed by atoms with Crippen LogP contribution in [0.1, 0.15) is 58.9 Å². The molecular weight excluding hydrogens is 288 g/mol. The molecule has 0 aliphatic rings. The molecule has 0 radical (unpaired) electrons. The van der Waals surface area contributed by atoms with Gasteiger partial charge in [0.25, 0.3) is 0 Å². The maximum Gasteiger partial charge on any atom is 0.314 e. The average Bonchev–Trinajstić information content (AvgIpc) is 2.51. The van der Waals surface area contributed by atoms with Gasteiger partial charge >= 0.3 is 6.03 Å². The highest BCUT2D eigenvalue weighted by atomic mass is 16.5. The maximum atomic E-state index is 11.5. The molecule has 23 heavy (non-hydrogen) atoms. The van der Waals surface area contributed by atoms with E-state index >= 15 is 0 Å². The number of benzene rings is 1. The summed E-state index contributed by atoms with van der Waals surface area (Å²) < 4.78 is 5.70. The second-order valence-corrected chi connectivity index (χ2v) is 6.87. The van der Waals surface area contributed by atoms with Crippen molar-refractivity contribution in [2.45, 2.75) is 58.8 Å². The summed E-state index contributed by atoms with van der Waals surface area (Å²) in [5, 5.41) is 5.70. The fourth-order valence-corrected chi connectivity index (χ4v) is 2.15. The van der Waals surface area contributed by atoms with Gasteiger partial charge in [-0.2, -0.15) is 0 Å². The molecule has 4 nitrogen and oxygen atoms in total. The van der Waals surface area contributed by atoms with Crippen molar-refractivity contribution >= 4 is 6.03 Å². The number of nitrogens with one attached hydrogen (secondary N) is 2. The van der Waals surface area contributed by atoms with Crippen molar-refractivity contribution in [2.24, 2.45) is 0 Å². The number of unbranched alkanes of at least 4 members (excludes halogenated alkanes) is 2. The van der Waals surface area contributed by atoms with Crippen LogP contribution in [0.4, 0.5) is 4.79 Å². The number of carbonyl (C=O) groups is 1. The lowest BCUT2D eigenvalue weighted by Crippen LogP contribution is -2.36. The highest BCUT2D eigenvalue weighted by Gasteiger charge is 2.12. The van der Waals surface area contributed by atoms with Crippen molar-refractivity contribution in [3.8, 4) is 5.75 Å². The molecule has 0 heterocycles. The fourth-order valence-electron chi connectivity index (χ4n) is 2.15. The minimum absolute atomic E-state index is 0.0874. The van der Waals surface area contributed by atoms with E-state index in [0.29, 0.717) is 13.2 Å². The first kappa shape index (κ1) is 19.3. The zero-order valence-electron chi connectivity index (χ0n) is 15.1. The quantitative estimate of drug-likeness (QED) is 0.669. The summed E-state index contributed by atoms with van der Waals surface area (Å²) in [7, 11) is 0. The molecule has 1 rings (SSSR count). The Balaban J connectivity index is 2.12. The third kappa shape index (κ3) is 8.48. The fraction of sp³-hybridized carbons (Fsp3) is 0.632. The molecule has 2 N–H and O–H groups in total. The van der Waals surface area contributed by atoms with Crippen molar-refractivity contribution in [2.75, 3.05) is 19.7 Å². The highest BCUT2D eigenvalue weighted by Crippen LogP contribution is 2.24. The Morgan fingerprint density at radius 3 is 2.17 bits per heavy atom. The number of urea groups is 1. The first-order valence-corrected chi connectivity index (χ1v) is 8.68. The molecule has 0 bridgehead atoms. The predicted octanol–water partition coefficient (Wildman–Crippen LogP) is 4.24. The second-order valence-electron chi connectivity index (χ2n) is 6.87. The van der Waals surface area contributed by atoms with Crippen molar-refractivity contribution in [3.63, 3.8) is 0 Å². The molecule has 0 aliphatic heterocycles. The summed E-state index contributed by atoms with van der Waals surface area (Å²) in [4.78, 5) is 11.5. The van der Waals surface area contributed by atoms with Crippen LogP contribution < -0.4 is 15.4 Å². The third-order valence-corrected chi connectivity index (χ3v) is 3.66. The summed E-state index contributed by atoms with van der Waals surface area (Å²) in [6, 6.07) is 8.15. The zero-order valence-corrected chi connectivity index (χ0v) is 15.1. The zero-order chi connectivity index (χ0) is 17.1. The van der Waals surface area contributed by atoms with Gasteiger partial charge in [0, 0.05) is 13.1 Å². The Morgan fingerprint density at radius 1 is 1.00 bits per heavy atom. The van der Waals surface area contributed by atoms with E-state index in [1.165, 1.54) is 5.56 Å². The minimum Gasteiger partial charge on any atom is -0.494 e. The SMILES string of the molecule is CCCCCNC(=O)NCCCOc1ccc(C(C)(C)C)cc1. The molecule has 0 saturated heterocycles. The van der Waals surface area contributed by atoms with Gasteiger partial charge in [0.1, 0.15) is 5.75 Å². The topological polar surface area (TPSA) is 50.4 Å². The Hall–Kier alpha value is -1.71. The van der Waals surface area contributed by atoms with Gasteiger partial charge in [-0.1, -0.05) is 52.7 Å². The molecular formula is C19H32N2O2. The summed E-state index contributed by atoms with van der Waals surface area (Å²) in [5.41, 5.74) is 1.46. The predicted molar refractivity (Wildman–Crippen MR) is 96.2 cm³/mol. The van der Waals surface area contributed by atoms with Gasteiger partial charge in [0.05, 0.1) is 6.61 Å². The molecule has 1 aromatic rings. The molecule has 0 saturated carbocycles. The van der Waals surface area contributed by atoms with Crippen LogP contribution in [0.5, 0.6) is 5.75 Å². The van der Waals surface area contributed by atoms with Gasteiger partial charge in [0.2, 0.25) is 0 Å². The van der Waals surface area contributed by atoms with E-state index < -0.39 is 0 Å². The van der Waals surface area contributed by atoms with Crippen LogP contribution in [0.25, 0.3) is 0 Å². The Morgan fingerprint density at radius 2 is 1.61 bits per heavy atom. The van der Waals surface area contributed by atoms with Crippen LogP contribution in [0.3, 0.4) is 0 Å². The minimum atomic E-state index is -0.0874. The van der Waals surface area contributed by atoms with Crippen LogP contribution in [-0.4, -0.2) is 25.7 Å². The van der Waals surface area contributed by atoms with Gasteiger partial charge in [-0.25, -0.2) is 4.79 Å². The van der Waals surface area contributed by atoms with Crippen LogP contribution in [0.2, 0.25) is 0 Å². The van der Waals surface area contributed by atoms with Crippen molar-refractivity contribution in [1.82, 2.24) is 10.6 Å². The van der Waals surface area contributed by atoms with E-state index in [1.807, 2.05) is 12.1 Å². The average molecular weight is 320 g/mol. The number of hydrogen-bond acceptors (Lipinski definition) is 2. The van der Waals surface area contributed by atoms with Crippen LogP contribution in [0, 0.1) is 0 Å². The van der Waals surface area contributed by atoms with E-state index in [9.17, 15) is 4.79 Å². The number of hydrogen-bond donors (Lipinski definition) is 2. The maximum absolute atomic E-state index is 11.5. The summed E-state index contributed by atoms with van der Waals surface area (Å²) >= 11 is 0. The molecule has 0 unspecified atom stereocenters. The van der Waals surface area contributed by atoms with Gasteiger partial charge in [-0.15, -0.1) is 0 Å². The Labute approximate surface area is 141 Å². The van der Waals surface area contributed by atoms with Crippen LogP contribution >= 0.6 is 0 Å². The van der Waals surface area contributed by atoms with Crippen molar-refractivity contribution < 1.29 is 9.53 Å². The normalized spacial score (nSPS) is 11.1. The standard InChI is InChI=1S/C19H32N2O2/c1-5-6-7-13-20-18(22)21-14-8-15-23-17-11-9-16(10-12-17)19(2,3)4/h9-12H,5-8,13-15H2,1-4H3,(H2,20,21,22). The largest absolute Gasteiger partial charge is 0.494 e. The second kappa shape index (κ2) is 10.1. The first-order valence-electron chi connectivity index (χ1n) is 8.68. The Kier molecular flexibility index (Phi) is 8.52. The molecule has 0 aromatic heterocycles. The van der Waals surface area contributed by atoms with E-state index in [0.717, 1.165) is 38.0 Å². The van der Waals surface area contributed by atoms with Crippen molar-refractivity contribution in [1.29, 1.82) is 0 Å². The summed E-state index contributed by atoms with van der Waals surface area (Å²) in [5.74, 6) is 0.877.